The van der Waals surface area contributed by atoms with Crippen molar-refractivity contribution < 1.29 is 9.47 Å². The molecule has 2 rings (SSSR count). The first-order chi connectivity index (χ1) is 10.8. The highest BCUT2D eigenvalue weighted by Crippen LogP contribution is 2.28. The first kappa shape index (κ1) is 20.0. The Kier molecular flexibility index (Phi) is 10.0. The number of rotatable bonds is 9. The molecule has 0 atom stereocenters. The molecule has 0 aromatic heterocycles. The third-order valence-electron chi connectivity index (χ3n) is 3.59. The van der Waals surface area contributed by atoms with Crippen LogP contribution in [0.25, 0.3) is 0 Å². The van der Waals surface area contributed by atoms with Gasteiger partial charge in [-0.25, -0.2) is 0 Å². The number of likely N-dealkylation sites (N-methyl/N-ethyl adjacent to an activating group) is 1. The van der Waals surface area contributed by atoms with E-state index in [0.29, 0.717) is 6.61 Å². The normalized spacial score (nSPS) is 14.1. The highest BCUT2D eigenvalue weighted by atomic mass is 127. The summed E-state index contributed by atoms with van der Waals surface area (Å²) < 4.78 is 11.3. The van der Waals surface area contributed by atoms with Crippen LogP contribution in [-0.4, -0.2) is 57.9 Å². The monoisotopic (exact) mass is 433 g/mol. The summed E-state index contributed by atoms with van der Waals surface area (Å²) in [5.74, 6) is 2.58. The lowest BCUT2D eigenvalue weighted by Crippen LogP contribution is -2.42. The topological polar surface area (TPSA) is 46.1 Å². The van der Waals surface area contributed by atoms with Crippen LogP contribution in [-0.2, 0) is 4.74 Å². The SMILES string of the molecule is CN=C(NCCOCC1CC1)N(C)CCOc1ccccc1.I. The lowest BCUT2D eigenvalue weighted by atomic mass is 10.3. The van der Waals surface area contributed by atoms with E-state index in [-0.39, 0.29) is 24.0 Å². The van der Waals surface area contributed by atoms with Crippen LogP contribution in [0.1, 0.15) is 12.8 Å². The maximum Gasteiger partial charge on any atom is 0.193 e. The van der Waals surface area contributed by atoms with Crippen molar-refractivity contribution in [3.05, 3.63) is 30.3 Å². The van der Waals surface area contributed by atoms with E-state index in [0.717, 1.165) is 43.9 Å². The van der Waals surface area contributed by atoms with Crippen molar-refractivity contribution in [3.63, 3.8) is 0 Å². The quantitative estimate of drug-likeness (QED) is 0.282. The van der Waals surface area contributed by atoms with Crippen molar-refractivity contribution in [1.29, 1.82) is 0 Å². The Morgan fingerprint density at radius 3 is 2.65 bits per heavy atom. The summed E-state index contributed by atoms with van der Waals surface area (Å²) in [6.45, 7) is 3.81. The van der Waals surface area contributed by atoms with Crippen molar-refractivity contribution in [2.24, 2.45) is 10.9 Å². The Balaban J connectivity index is 0.00000264. The number of nitrogens with zero attached hydrogens (tertiary/aromatic N) is 2. The van der Waals surface area contributed by atoms with Crippen LogP contribution in [0.4, 0.5) is 0 Å². The van der Waals surface area contributed by atoms with Crippen LogP contribution in [0.2, 0.25) is 0 Å². The third-order valence-corrected chi connectivity index (χ3v) is 3.59. The Hall–Kier alpha value is -1.02. The van der Waals surface area contributed by atoms with E-state index in [1.165, 1.54) is 12.8 Å². The van der Waals surface area contributed by atoms with Gasteiger partial charge in [-0.2, -0.15) is 0 Å². The van der Waals surface area contributed by atoms with E-state index in [1.807, 2.05) is 37.4 Å². The molecule has 23 heavy (non-hydrogen) atoms. The van der Waals surface area contributed by atoms with Gasteiger partial charge in [0, 0.05) is 27.2 Å². The molecular formula is C17H28IN3O2. The number of halogens is 1. The molecule has 5 nitrogen and oxygen atoms in total. The molecule has 0 heterocycles. The Morgan fingerprint density at radius 1 is 1.26 bits per heavy atom. The number of hydrogen-bond donors (Lipinski definition) is 1. The summed E-state index contributed by atoms with van der Waals surface area (Å²) in [4.78, 5) is 6.34. The molecule has 1 saturated carbocycles. The van der Waals surface area contributed by atoms with Gasteiger partial charge in [0.05, 0.1) is 13.2 Å². The summed E-state index contributed by atoms with van der Waals surface area (Å²) in [7, 11) is 3.80. The second-order valence-corrected chi connectivity index (χ2v) is 5.58. The van der Waals surface area contributed by atoms with Gasteiger partial charge in [-0.1, -0.05) is 18.2 Å². The zero-order valence-electron chi connectivity index (χ0n) is 14.0. The molecular weight excluding hydrogens is 405 g/mol. The summed E-state index contributed by atoms with van der Waals surface area (Å²) in [5, 5.41) is 3.31. The van der Waals surface area contributed by atoms with E-state index in [2.05, 4.69) is 15.2 Å². The summed E-state index contributed by atoms with van der Waals surface area (Å²) >= 11 is 0. The Labute approximate surface area is 156 Å². The van der Waals surface area contributed by atoms with Gasteiger partial charge in [-0.15, -0.1) is 24.0 Å². The van der Waals surface area contributed by atoms with Crippen molar-refractivity contribution in [1.82, 2.24) is 10.2 Å². The largest absolute Gasteiger partial charge is 0.492 e. The first-order valence-corrected chi connectivity index (χ1v) is 7.97. The molecule has 1 N–H and O–H groups in total. The molecule has 0 spiro atoms. The third kappa shape index (κ3) is 8.41. The van der Waals surface area contributed by atoms with Gasteiger partial charge < -0.3 is 19.7 Å². The number of benzene rings is 1. The summed E-state index contributed by atoms with van der Waals surface area (Å²) in [6, 6.07) is 9.85. The number of nitrogens with one attached hydrogen (secondary N) is 1. The van der Waals surface area contributed by atoms with Crippen molar-refractivity contribution >= 4 is 29.9 Å². The molecule has 6 heteroatoms. The van der Waals surface area contributed by atoms with Gasteiger partial charge >= 0.3 is 0 Å². The molecule has 0 bridgehead atoms. The van der Waals surface area contributed by atoms with Gasteiger partial charge in [0.1, 0.15) is 12.4 Å². The predicted octanol–water partition coefficient (Wildman–Crippen LogP) is 2.62. The first-order valence-electron chi connectivity index (χ1n) is 7.97. The number of hydrogen-bond acceptors (Lipinski definition) is 3. The summed E-state index contributed by atoms with van der Waals surface area (Å²) in [5.41, 5.74) is 0. The van der Waals surface area contributed by atoms with Crippen molar-refractivity contribution in [2.45, 2.75) is 12.8 Å². The highest BCUT2D eigenvalue weighted by Gasteiger charge is 2.20. The van der Waals surface area contributed by atoms with Crippen LogP contribution in [0.5, 0.6) is 5.75 Å². The number of para-hydroxylation sites is 1. The minimum absolute atomic E-state index is 0. The molecule has 130 valence electrons. The summed E-state index contributed by atoms with van der Waals surface area (Å²) in [6.07, 6.45) is 2.67. The fourth-order valence-electron chi connectivity index (χ4n) is 2.08. The Bertz CT molecular complexity index is 452. The van der Waals surface area contributed by atoms with Gasteiger partial charge in [0.2, 0.25) is 0 Å². The molecule has 0 aliphatic heterocycles. The molecule has 0 amide bonds. The van der Waals surface area contributed by atoms with Crippen LogP contribution < -0.4 is 10.1 Å². The fraction of sp³-hybridized carbons (Fsp3) is 0.588. The second kappa shape index (κ2) is 11.5. The zero-order chi connectivity index (χ0) is 15.6. The standard InChI is InChI=1S/C17H27N3O2.HI/c1-18-17(19-10-12-21-14-15-8-9-15)20(2)11-13-22-16-6-4-3-5-7-16;/h3-7,15H,8-14H2,1-2H3,(H,18,19);1H. The van der Waals surface area contributed by atoms with Gasteiger partial charge in [0.15, 0.2) is 5.96 Å². The lowest BCUT2D eigenvalue weighted by molar-refractivity contribution is 0.128. The minimum atomic E-state index is 0. The molecule has 0 radical (unpaired) electrons. The van der Waals surface area contributed by atoms with E-state index in [4.69, 9.17) is 9.47 Å². The van der Waals surface area contributed by atoms with E-state index >= 15 is 0 Å². The predicted molar refractivity (Wildman–Crippen MR) is 105 cm³/mol. The van der Waals surface area contributed by atoms with Crippen LogP contribution in [0.3, 0.4) is 0 Å². The molecule has 1 aliphatic carbocycles. The Morgan fingerprint density at radius 2 is 2.00 bits per heavy atom. The average Bonchev–Trinajstić information content (AvgIpc) is 3.36. The number of guanidine groups is 1. The minimum Gasteiger partial charge on any atom is -0.492 e. The van der Waals surface area contributed by atoms with Crippen LogP contribution in [0.15, 0.2) is 35.3 Å². The molecule has 1 fully saturated rings. The van der Waals surface area contributed by atoms with Crippen molar-refractivity contribution in [2.75, 3.05) is 47.0 Å². The smallest absolute Gasteiger partial charge is 0.193 e. The molecule has 0 saturated heterocycles. The van der Waals surface area contributed by atoms with E-state index in [9.17, 15) is 0 Å². The van der Waals surface area contributed by atoms with Crippen LogP contribution in [0, 0.1) is 5.92 Å². The molecule has 1 aromatic carbocycles. The second-order valence-electron chi connectivity index (χ2n) is 5.58. The molecule has 1 aliphatic rings. The van der Waals surface area contributed by atoms with E-state index < -0.39 is 0 Å². The van der Waals surface area contributed by atoms with Gasteiger partial charge in [-0.3, -0.25) is 4.99 Å². The average molecular weight is 433 g/mol. The zero-order valence-corrected chi connectivity index (χ0v) is 16.4. The van der Waals surface area contributed by atoms with E-state index in [1.54, 1.807) is 7.05 Å². The molecule has 0 unspecified atom stereocenters. The highest BCUT2D eigenvalue weighted by molar-refractivity contribution is 14.0. The fourth-order valence-corrected chi connectivity index (χ4v) is 2.08. The molecule has 1 aromatic rings. The van der Waals surface area contributed by atoms with Crippen molar-refractivity contribution in [3.8, 4) is 5.75 Å². The number of aliphatic imine (C=N–C) groups is 1. The number of ether oxygens (including phenoxy) is 2. The van der Waals surface area contributed by atoms with Gasteiger partial charge in [-0.05, 0) is 30.9 Å². The maximum atomic E-state index is 5.70. The van der Waals surface area contributed by atoms with Crippen LogP contribution >= 0.6 is 24.0 Å². The maximum absolute atomic E-state index is 5.70. The van der Waals surface area contributed by atoms with Gasteiger partial charge in [0.25, 0.3) is 0 Å². The lowest BCUT2D eigenvalue weighted by Gasteiger charge is -2.22.